The molecule has 0 aliphatic rings. The van der Waals surface area contributed by atoms with Gasteiger partial charge in [-0.15, -0.1) is 0 Å². The maximum absolute atomic E-state index is 11.6. The molecule has 12 heteroatoms. The highest BCUT2D eigenvalue weighted by Crippen LogP contribution is 2.61. The SMILES string of the molecule is O=C(CC(P(=O)(O)O)P(=O)(O)O)Nc1cccc(O)c1O. The van der Waals surface area contributed by atoms with E-state index in [0.29, 0.717) is 0 Å². The summed E-state index contributed by atoms with van der Waals surface area (Å²) in [5.74, 6) is -2.38. The van der Waals surface area contributed by atoms with Gasteiger partial charge in [-0.1, -0.05) is 6.07 Å². The number of para-hydroxylation sites is 1. The summed E-state index contributed by atoms with van der Waals surface area (Å²) in [6.45, 7) is 0. The number of aromatic hydroxyl groups is 2. The number of anilines is 1. The molecule has 7 N–H and O–H groups in total. The van der Waals surface area contributed by atoms with Gasteiger partial charge < -0.3 is 35.1 Å². The Morgan fingerprint density at radius 3 is 2.10 bits per heavy atom. The maximum Gasteiger partial charge on any atom is 0.341 e. The second kappa shape index (κ2) is 6.15. The third kappa shape index (κ3) is 4.82. The molecule has 0 spiro atoms. The van der Waals surface area contributed by atoms with Crippen LogP contribution in [0.15, 0.2) is 18.2 Å². The quantitative estimate of drug-likeness (QED) is 0.288. The molecule has 0 atom stereocenters. The molecule has 118 valence electrons. The van der Waals surface area contributed by atoms with Gasteiger partial charge in [-0.05, 0) is 12.1 Å². The number of phenols is 2. The fraction of sp³-hybridized carbons (Fsp3) is 0.222. The molecule has 0 saturated heterocycles. The topological polar surface area (TPSA) is 185 Å². The molecule has 21 heavy (non-hydrogen) atoms. The van der Waals surface area contributed by atoms with E-state index in [0.717, 1.165) is 6.07 Å². The van der Waals surface area contributed by atoms with Crippen LogP contribution >= 0.6 is 15.2 Å². The molecule has 0 bridgehead atoms. The molecule has 0 saturated carbocycles. The van der Waals surface area contributed by atoms with Crippen molar-refractivity contribution < 1.29 is 43.7 Å². The number of carbonyl (C=O) groups is 1. The van der Waals surface area contributed by atoms with Gasteiger partial charge in [0, 0.05) is 0 Å². The van der Waals surface area contributed by atoms with Crippen LogP contribution in [0, 0.1) is 0 Å². The zero-order chi connectivity index (χ0) is 16.4. The molecule has 0 heterocycles. The average molecular weight is 341 g/mol. The van der Waals surface area contributed by atoms with E-state index in [4.69, 9.17) is 19.6 Å². The Hall–Kier alpha value is -1.41. The summed E-state index contributed by atoms with van der Waals surface area (Å²) >= 11 is 0. The van der Waals surface area contributed by atoms with Crippen LogP contribution in [0.4, 0.5) is 5.69 Å². The summed E-state index contributed by atoms with van der Waals surface area (Å²) < 4.78 is 22.0. The molecule has 1 aromatic rings. The average Bonchev–Trinajstić information content (AvgIpc) is 2.29. The first kappa shape index (κ1) is 17.6. The van der Waals surface area contributed by atoms with E-state index in [-0.39, 0.29) is 5.69 Å². The van der Waals surface area contributed by atoms with Crippen molar-refractivity contribution in [1.82, 2.24) is 0 Å². The van der Waals surface area contributed by atoms with Crippen molar-refractivity contribution in [2.45, 2.75) is 11.8 Å². The number of rotatable bonds is 5. The van der Waals surface area contributed by atoms with Crippen LogP contribution < -0.4 is 5.32 Å². The first-order valence-electron chi connectivity index (χ1n) is 5.34. The Balaban J connectivity index is 2.92. The molecular formula is C9H13NO9P2. The minimum atomic E-state index is -5.21. The van der Waals surface area contributed by atoms with Gasteiger partial charge >= 0.3 is 15.2 Å². The van der Waals surface area contributed by atoms with E-state index in [1.54, 1.807) is 0 Å². The van der Waals surface area contributed by atoms with Gasteiger partial charge in [0.1, 0.15) is 0 Å². The summed E-state index contributed by atoms with van der Waals surface area (Å²) in [5.41, 5.74) is -0.268. The van der Waals surface area contributed by atoms with Crippen LogP contribution in [-0.4, -0.2) is 41.1 Å². The lowest BCUT2D eigenvalue weighted by Gasteiger charge is -2.19. The number of carbonyl (C=O) groups excluding carboxylic acids is 1. The van der Waals surface area contributed by atoms with E-state index in [1.165, 1.54) is 12.1 Å². The van der Waals surface area contributed by atoms with Crippen molar-refractivity contribution >= 4 is 26.8 Å². The highest BCUT2D eigenvalue weighted by atomic mass is 31.2. The Bertz CT molecular complexity index is 612. The van der Waals surface area contributed by atoms with Crippen LogP contribution in [-0.2, 0) is 13.9 Å². The lowest BCUT2D eigenvalue weighted by molar-refractivity contribution is -0.116. The molecule has 1 rings (SSSR count). The number of hydrogen-bond acceptors (Lipinski definition) is 5. The first-order chi connectivity index (χ1) is 9.43. The monoisotopic (exact) mass is 341 g/mol. The van der Waals surface area contributed by atoms with Crippen LogP contribution in [0.5, 0.6) is 11.5 Å². The summed E-state index contributed by atoms with van der Waals surface area (Å²) in [6, 6.07) is 3.57. The molecule has 0 radical (unpaired) electrons. The fourth-order valence-corrected chi connectivity index (χ4v) is 3.81. The summed E-state index contributed by atoms with van der Waals surface area (Å²) in [7, 11) is -10.4. The number of hydrogen-bond donors (Lipinski definition) is 7. The van der Waals surface area contributed by atoms with E-state index < -0.39 is 44.4 Å². The Morgan fingerprint density at radius 2 is 1.62 bits per heavy atom. The van der Waals surface area contributed by atoms with Crippen molar-refractivity contribution in [2.24, 2.45) is 0 Å². The van der Waals surface area contributed by atoms with Gasteiger partial charge in [0.05, 0.1) is 12.1 Å². The van der Waals surface area contributed by atoms with Gasteiger partial charge in [0.2, 0.25) is 5.91 Å². The highest BCUT2D eigenvalue weighted by Gasteiger charge is 2.44. The van der Waals surface area contributed by atoms with Crippen molar-refractivity contribution in [1.29, 1.82) is 0 Å². The third-order valence-electron chi connectivity index (χ3n) is 2.43. The summed E-state index contributed by atoms with van der Waals surface area (Å²) in [5, 5.41) is 18.1. The smallest absolute Gasteiger partial charge is 0.341 e. The second-order valence-electron chi connectivity index (χ2n) is 4.08. The number of phenolic OH excluding ortho intramolecular Hbond substituents is 2. The van der Waals surface area contributed by atoms with Crippen molar-refractivity contribution in [2.75, 3.05) is 5.32 Å². The van der Waals surface area contributed by atoms with E-state index in [2.05, 4.69) is 0 Å². The van der Waals surface area contributed by atoms with Gasteiger partial charge in [0.25, 0.3) is 0 Å². The number of nitrogens with one attached hydrogen (secondary N) is 1. The zero-order valence-corrected chi connectivity index (χ0v) is 12.1. The molecule has 1 aromatic carbocycles. The zero-order valence-electron chi connectivity index (χ0n) is 10.3. The molecule has 0 aliphatic carbocycles. The molecule has 0 unspecified atom stereocenters. The molecule has 0 aliphatic heterocycles. The number of amides is 1. The van der Waals surface area contributed by atoms with Crippen LogP contribution in [0.1, 0.15) is 6.42 Å². The molecule has 10 nitrogen and oxygen atoms in total. The van der Waals surface area contributed by atoms with E-state index in [1.807, 2.05) is 5.32 Å². The van der Waals surface area contributed by atoms with Crippen LogP contribution in [0.3, 0.4) is 0 Å². The van der Waals surface area contributed by atoms with Crippen LogP contribution in [0.2, 0.25) is 0 Å². The predicted molar refractivity (Wildman–Crippen MR) is 70.9 cm³/mol. The van der Waals surface area contributed by atoms with Crippen molar-refractivity contribution in [3.63, 3.8) is 0 Å². The minimum Gasteiger partial charge on any atom is -0.504 e. The molecular weight excluding hydrogens is 328 g/mol. The van der Waals surface area contributed by atoms with Gasteiger partial charge in [0.15, 0.2) is 16.9 Å². The standard InChI is InChI=1S/C9H13NO9P2/c11-6-3-1-2-5(9(6)13)10-7(12)4-8(20(14,15)16)21(17,18)19/h1-3,8,11,13H,4H2,(H,10,12)(H2,14,15,16)(H2,17,18,19). The second-order valence-corrected chi connectivity index (χ2v) is 8.09. The third-order valence-corrected chi connectivity index (χ3v) is 6.16. The Kier molecular flexibility index (Phi) is 5.16. The normalized spacial score (nSPS) is 12.4. The van der Waals surface area contributed by atoms with Gasteiger partial charge in [-0.2, -0.15) is 0 Å². The lowest BCUT2D eigenvalue weighted by atomic mass is 10.2. The number of benzene rings is 1. The Labute approximate surface area is 118 Å². The predicted octanol–water partition coefficient (Wildman–Crippen LogP) is 0.108. The molecule has 0 fully saturated rings. The molecule has 0 aromatic heterocycles. The van der Waals surface area contributed by atoms with Crippen molar-refractivity contribution in [3.8, 4) is 11.5 Å². The largest absolute Gasteiger partial charge is 0.504 e. The summed E-state index contributed by atoms with van der Waals surface area (Å²) in [4.78, 5) is 47.1. The van der Waals surface area contributed by atoms with E-state index in [9.17, 15) is 24.1 Å². The summed E-state index contributed by atoms with van der Waals surface area (Å²) in [6.07, 6.45) is -1.16. The highest BCUT2D eigenvalue weighted by molar-refractivity contribution is 7.70. The molecule has 1 amide bonds. The van der Waals surface area contributed by atoms with E-state index >= 15 is 0 Å². The maximum atomic E-state index is 11.6. The Morgan fingerprint density at radius 1 is 1.10 bits per heavy atom. The fourth-order valence-electron chi connectivity index (χ4n) is 1.43. The van der Waals surface area contributed by atoms with Gasteiger partial charge in [-0.25, -0.2) is 0 Å². The van der Waals surface area contributed by atoms with Gasteiger partial charge in [-0.3, -0.25) is 13.9 Å². The lowest BCUT2D eigenvalue weighted by Crippen LogP contribution is -2.20. The first-order valence-corrected chi connectivity index (χ1v) is 8.70. The van der Waals surface area contributed by atoms with Crippen molar-refractivity contribution in [3.05, 3.63) is 18.2 Å². The minimum absolute atomic E-state index is 0.268. The van der Waals surface area contributed by atoms with Crippen LogP contribution in [0.25, 0.3) is 0 Å².